The highest BCUT2D eigenvalue weighted by Crippen LogP contribution is 2.16. The molecule has 0 aliphatic rings. The van der Waals surface area contributed by atoms with E-state index in [1.165, 1.54) is 24.3 Å². The summed E-state index contributed by atoms with van der Waals surface area (Å²) in [6.07, 6.45) is -0.550. The molecular weight excluding hydrogens is 262 g/mol. The molecule has 108 valence electrons. The first-order valence-corrected chi connectivity index (χ1v) is 6.26. The molecule has 0 aromatic heterocycles. The maximum Gasteiger partial charge on any atom is 0.269 e. The number of ether oxygens (including phenoxy) is 3. The first kappa shape index (κ1) is 16.0. The van der Waals surface area contributed by atoms with Gasteiger partial charge in [0.05, 0.1) is 4.92 Å². The first-order valence-electron chi connectivity index (χ1n) is 6.26. The van der Waals surface area contributed by atoms with Gasteiger partial charge in [0.15, 0.2) is 0 Å². The van der Waals surface area contributed by atoms with E-state index in [1.54, 1.807) is 0 Å². The van der Waals surface area contributed by atoms with E-state index in [0.717, 1.165) is 0 Å². The minimum atomic E-state index is -0.550. The molecule has 0 aliphatic heterocycles. The summed E-state index contributed by atoms with van der Waals surface area (Å²) < 4.78 is 15.8. The predicted molar refractivity (Wildman–Crippen MR) is 73.4 cm³/mol. The van der Waals surface area contributed by atoms with Crippen molar-refractivity contribution in [3.8, 4) is 17.6 Å². The van der Waals surface area contributed by atoms with Crippen LogP contribution in [0, 0.1) is 22.0 Å². The van der Waals surface area contributed by atoms with Gasteiger partial charge in [0.2, 0.25) is 6.29 Å². The summed E-state index contributed by atoms with van der Waals surface area (Å²) >= 11 is 0. The molecule has 0 spiro atoms. The van der Waals surface area contributed by atoms with E-state index in [9.17, 15) is 10.1 Å². The van der Waals surface area contributed by atoms with E-state index < -0.39 is 11.2 Å². The van der Waals surface area contributed by atoms with E-state index in [-0.39, 0.29) is 12.3 Å². The third kappa shape index (κ3) is 5.69. The number of hydrogen-bond donors (Lipinski definition) is 0. The maximum absolute atomic E-state index is 10.5. The van der Waals surface area contributed by atoms with Gasteiger partial charge >= 0.3 is 0 Å². The molecule has 0 saturated carbocycles. The molecule has 0 atom stereocenters. The smallest absolute Gasteiger partial charge is 0.269 e. The average Bonchev–Trinajstić information content (AvgIpc) is 2.44. The van der Waals surface area contributed by atoms with Crippen molar-refractivity contribution in [1.82, 2.24) is 0 Å². The van der Waals surface area contributed by atoms with Gasteiger partial charge in [-0.2, -0.15) is 0 Å². The lowest BCUT2D eigenvalue weighted by Gasteiger charge is -2.09. The standard InChI is InChI=1S/C14H17NO5/c1-3-18-14(19-4-2)6-5-11-20-13-9-7-12(8-10-13)15(16)17/h7-10,14H,3-4,11H2,1-2H3. The van der Waals surface area contributed by atoms with Gasteiger partial charge in [-0.15, -0.1) is 0 Å². The second-order valence-electron chi connectivity index (χ2n) is 3.60. The molecule has 0 fully saturated rings. The van der Waals surface area contributed by atoms with Crippen LogP contribution in [0.5, 0.6) is 5.75 Å². The van der Waals surface area contributed by atoms with Crippen LogP contribution >= 0.6 is 0 Å². The van der Waals surface area contributed by atoms with Crippen LogP contribution in [-0.4, -0.2) is 31.0 Å². The number of non-ortho nitro benzene ring substituents is 1. The third-order valence-electron chi connectivity index (χ3n) is 2.21. The number of nitro groups is 1. The lowest BCUT2D eigenvalue weighted by molar-refractivity contribution is -0.384. The molecule has 0 bridgehead atoms. The minimum absolute atomic E-state index is 0.0242. The summed E-state index contributed by atoms with van der Waals surface area (Å²) in [7, 11) is 0. The molecule has 1 aromatic carbocycles. The van der Waals surface area contributed by atoms with Gasteiger partial charge in [-0.1, -0.05) is 5.92 Å². The molecule has 0 unspecified atom stereocenters. The molecule has 20 heavy (non-hydrogen) atoms. The molecular formula is C14H17NO5. The molecule has 0 amide bonds. The Morgan fingerprint density at radius 2 is 1.80 bits per heavy atom. The van der Waals surface area contributed by atoms with Gasteiger partial charge in [0.1, 0.15) is 12.4 Å². The Morgan fingerprint density at radius 1 is 1.20 bits per heavy atom. The van der Waals surface area contributed by atoms with Gasteiger partial charge in [0.25, 0.3) is 5.69 Å². The second-order valence-corrected chi connectivity index (χ2v) is 3.60. The second kappa shape index (κ2) is 8.91. The van der Waals surface area contributed by atoms with E-state index in [4.69, 9.17) is 14.2 Å². The van der Waals surface area contributed by atoms with Crippen LogP contribution in [0.3, 0.4) is 0 Å². The monoisotopic (exact) mass is 279 g/mol. The zero-order valence-corrected chi connectivity index (χ0v) is 11.5. The Morgan fingerprint density at radius 3 is 2.30 bits per heavy atom. The quantitative estimate of drug-likeness (QED) is 0.331. The topological polar surface area (TPSA) is 70.8 Å². The van der Waals surface area contributed by atoms with E-state index in [0.29, 0.717) is 19.0 Å². The average molecular weight is 279 g/mol. The van der Waals surface area contributed by atoms with Crippen molar-refractivity contribution in [2.45, 2.75) is 20.1 Å². The fourth-order valence-corrected chi connectivity index (χ4v) is 1.34. The summed E-state index contributed by atoms with van der Waals surface area (Å²) in [6.45, 7) is 4.92. The highest BCUT2D eigenvalue weighted by Gasteiger charge is 2.04. The van der Waals surface area contributed by atoms with Crippen LogP contribution in [0.25, 0.3) is 0 Å². The van der Waals surface area contributed by atoms with Crippen LogP contribution in [0.15, 0.2) is 24.3 Å². The summed E-state index contributed by atoms with van der Waals surface area (Å²) in [6, 6.07) is 5.82. The maximum atomic E-state index is 10.5. The molecule has 0 radical (unpaired) electrons. The van der Waals surface area contributed by atoms with Crippen LogP contribution in [0.1, 0.15) is 13.8 Å². The van der Waals surface area contributed by atoms with Crippen LogP contribution in [-0.2, 0) is 9.47 Å². The normalized spacial score (nSPS) is 9.95. The molecule has 6 heteroatoms. The molecule has 0 heterocycles. The largest absolute Gasteiger partial charge is 0.481 e. The highest BCUT2D eigenvalue weighted by molar-refractivity contribution is 5.36. The molecule has 0 aliphatic carbocycles. The van der Waals surface area contributed by atoms with Crippen molar-refractivity contribution in [3.05, 3.63) is 34.4 Å². The summed E-state index contributed by atoms with van der Waals surface area (Å²) in [5.41, 5.74) is 0.0242. The van der Waals surface area contributed by atoms with Gasteiger partial charge in [-0.05, 0) is 31.9 Å². The van der Waals surface area contributed by atoms with Gasteiger partial charge in [0, 0.05) is 25.3 Å². The van der Waals surface area contributed by atoms with Crippen molar-refractivity contribution >= 4 is 5.69 Å². The summed E-state index contributed by atoms with van der Waals surface area (Å²) in [5.74, 6) is 6.10. The SMILES string of the molecule is CCOC(C#CCOc1ccc([N+](=O)[O-])cc1)OCC. The highest BCUT2D eigenvalue weighted by atomic mass is 16.7. The van der Waals surface area contributed by atoms with E-state index in [1.807, 2.05) is 13.8 Å². The lowest BCUT2D eigenvalue weighted by Crippen LogP contribution is -2.15. The van der Waals surface area contributed by atoms with Crippen molar-refractivity contribution < 1.29 is 19.1 Å². The fraction of sp³-hybridized carbons (Fsp3) is 0.429. The van der Waals surface area contributed by atoms with Gasteiger partial charge < -0.3 is 14.2 Å². The van der Waals surface area contributed by atoms with Crippen LogP contribution < -0.4 is 4.74 Å². The zero-order valence-electron chi connectivity index (χ0n) is 11.5. The number of benzene rings is 1. The number of rotatable bonds is 7. The van der Waals surface area contributed by atoms with Gasteiger partial charge in [-0.3, -0.25) is 10.1 Å². The summed E-state index contributed by atoms with van der Waals surface area (Å²) in [4.78, 5) is 10.0. The van der Waals surface area contributed by atoms with Crippen molar-refractivity contribution in [3.63, 3.8) is 0 Å². The minimum Gasteiger partial charge on any atom is -0.481 e. The number of hydrogen-bond acceptors (Lipinski definition) is 5. The molecule has 0 N–H and O–H groups in total. The fourth-order valence-electron chi connectivity index (χ4n) is 1.34. The van der Waals surface area contributed by atoms with Crippen molar-refractivity contribution in [2.75, 3.05) is 19.8 Å². The van der Waals surface area contributed by atoms with Crippen molar-refractivity contribution in [2.24, 2.45) is 0 Å². The molecule has 1 rings (SSSR count). The number of nitrogens with zero attached hydrogens (tertiary/aromatic N) is 1. The Hall–Kier alpha value is -2.10. The Bertz CT molecular complexity index is 469. The third-order valence-corrected chi connectivity index (χ3v) is 2.21. The Kier molecular flexibility index (Phi) is 7.11. The van der Waals surface area contributed by atoms with E-state index >= 15 is 0 Å². The first-order chi connectivity index (χ1) is 9.67. The molecule has 0 saturated heterocycles. The summed E-state index contributed by atoms with van der Waals surface area (Å²) in [5, 5.41) is 10.5. The van der Waals surface area contributed by atoms with Crippen molar-refractivity contribution in [1.29, 1.82) is 0 Å². The Labute approximate surface area is 117 Å². The lowest BCUT2D eigenvalue weighted by atomic mass is 10.3. The van der Waals surface area contributed by atoms with Crippen LogP contribution in [0.2, 0.25) is 0 Å². The number of nitro benzene ring substituents is 1. The predicted octanol–water partition coefficient (Wildman–Crippen LogP) is 2.38. The Balaban J connectivity index is 2.45. The zero-order chi connectivity index (χ0) is 14.8. The molecule has 6 nitrogen and oxygen atoms in total. The molecule has 1 aromatic rings. The van der Waals surface area contributed by atoms with Gasteiger partial charge in [-0.25, -0.2) is 0 Å². The van der Waals surface area contributed by atoms with E-state index in [2.05, 4.69) is 11.8 Å². The van der Waals surface area contributed by atoms with Crippen LogP contribution in [0.4, 0.5) is 5.69 Å².